The summed E-state index contributed by atoms with van der Waals surface area (Å²) in [5.41, 5.74) is 1.84. The van der Waals surface area contributed by atoms with E-state index in [1.54, 1.807) is 25.4 Å². The van der Waals surface area contributed by atoms with Crippen molar-refractivity contribution in [2.75, 3.05) is 0 Å². The Hall–Kier alpha value is -1.73. The summed E-state index contributed by atoms with van der Waals surface area (Å²) in [6.07, 6.45) is 4.64. The smallest absolute Gasteiger partial charge is 0.257 e. The first-order valence-electron chi connectivity index (χ1n) is 5.40. The molecule has 7 heteroatoms. The number of nitrogens with one attached hydrogen (secondary N) is 2. The Kier molecular flexibility index (Phi) is 3.44. The number of pyridine rings is 1. The van der Waals surface area contributed by atoms with Gasteiger partial charge in [0.05, 0.1) is 6.20 Å². The predicted octanol–water partition coefficient (Wildman–Crippen LogP) is 0.900. The van der Waals surface area contributed by atoms with E-state index in [9.17, 15) is 8.42 Å². The average molecular weight is 266 g/mol. The van der Waals surface area contributed by atoms with E-state index in [0.29, 0.717) is 5.82 Å². The van der Waals surface area contributed by atoms with Crippen molar-refractivity contribution < 1.29 is 8.42 Å². The summed E-state index contributed by atoms with van der Waals surface area (Å²) in [5, 5.41) is 0.0757. The van der Waals surface area contributed by atoms with Crippen LogP contribution in [0, 0.1) is 13.8 Å². The number of nitrogens with zero attached hydrogens (tertiary/aromatic N) is 2. The minimum atomic E-state index is -3.54. The Balaban J connectivity index is 2.13. The monoisotopic (exact) mass is 266 g/mol. The predicted molar refractivity (Wildman–Crippen MR) is 66.3 cm³/mol. The first-order chi connectivity index (χ1) is 8.49. The molecule has 2 aromatic heterocycles. The second-order valence-corrected chi connectivity index (χ2v) is 5.69. The first kappa shape index (κ1) is 12.7. The van der Waals surface area contributed by atoms with Crippen LogP contribution in [0.3, 0.4) is 0 Å². The summed E-state index contributed by atoms with van der Waals surface area (Å²) in [4.78, 5) is 10.5. The molecule has 0 saturated heterocycles. The number of aryl methyl sites for hydroxylation is 2. The van der Waals surface area contributed by atoms with Crippen LogP contribution in [0.2, 0.25) is 0 Å². The van der Waals surface area contributed by atoms with E-state index in [2.05, 4.69) is 19.7 Å². The lowest BCUT2D eigenvalue weighted by atomic mass is 10.2. The van der Waals surface area contributed by atoms with Crippen LogP contribution in [-0.4, -0.2) is 23.4 Å². The molecule has 0 spiro atoms. The molecule has 0 aliphatic heterocycles. The standard InChI is InChI=1S/C11H14N4O2S/c1-8-5-12-4-3-10(8)6-14-18(16,17)11-7-13-9(2)15-11/h3-5,7,14H,6H2,1-2H3,(H,13,15). The summed E-state index contributed by atoms with van der Waals surface area (Å²) in [7, 11) is -3.54. The summed E-state index contributed by atoms with van der Waals surface area (Å²) < 4.78 is 26.4. The molecule has 0 fully saturated rings. The minimum Gasteiger partial charge on any atom is -0.332 e. The molecule has 0 radical (unpaired) electrons. The van der Waals surface area contributed by atoms with Crippen LogP contribution in [0.15, 0.2) is 29.7 Å². The number of hydrogen-bond donors (Lipinski definition) is 2. The molecule has 0 bridgehead atoms. The molecule has 0 unspecified atom stereocenters. The van der Waals surface area contributed by atoms with Gasteiger partial charge in [-0.05, 0) is 31.0 Å². The molecule has 2 aromatic rings. The maximum atomic E-state index is 11.9. The second-order valence-electron chi connectivity index (χ2n) is 3.96. The SMILES string of the molecule is Cc1ncc(S(=O)(=O)NCc2ccncc2C)[nH]1. The third-order valence-electron chi connectivity index (χ3n) is 2.56. The number of rotatable bonds is 4. The van der Waals surface area contributed by atoms with Crippen LogP contribution in [0.4, 0.5) is 0 Å². The van der Waals surface area contributed by atoms with Crippen LogP contribution in [0.5, 0.6) is 0 Å². The molecule has 0 aromatic carbocycles. The molecule has 0 aliphatic carbocycles. The second kappa shape index (κ2) is 4.87. The van der Waals surface area contributed by atoms with Crippen molar-refractivity contribution in [3.63, 3.8) is 0 Å². The van der Waals surface area contributed by atoms with Gasteiger partial charge in [0.15, 0.2) is 5.03 Å². The van der Waals surface area contributed by atoms with Gasteiger partial charge in [-0.2, -0.15) is 0 Å². The molecular formula is C11H14N4O2S. The number of H-pyrrole nitrogens is 1. The summed E-state index contributed by atoms with van der Waals surface area (Å²) in [6, 6.07) is 1.79. The van der Waals surface area contributed by atoms with Crippen molar-refractivity contribution in [2.24, 2.45) is 0 Å². The highest BCUT2D eigenvalue weighted by Crippen LogP contribution is 2.08. The van der Waals surface area contributed by atoms with Crippen molar-refractivity contribution in [1.82, 2.24) is 19.7 Å². The molecule has 0 atom stereocenters. The van der Waals surface area contributed by atoms with Gasteiger partial charge in [-0.1, -0.05) is 0 Å². The Labute approximate surface area is 106 Å². The van der Waals surface area contributed by atoms with Crippen molar-refractivity contribution in [3.05, 3.63) is 41.6 Å². The summed E-state index contributed by atoms with van der Waals surface area (Å²) in [5.74, 6) is 0.565. The van der Waals surface area contributed by atoms with E-state index >= 15 is 0 Å². The first-order valence-corrected chi connectivity index (χ1v) is 6.88. The Morgan fingerprint density at radius 3 is 2.72 bits per heavy atom. The summed E-state index contributed by atoms with van der Waals surface area (Å²) >= 11 is 0. The number of sulfonamides is 1. The molecular weight excluding hydrogens is 252 g/mol. The van der Waals surface area contributed by atoms with Gasteiger partial charge in [-0.3, -0.25) is 4.98 Å². The zero-order chi connectivity index (χ0) is 13.2. The number of imidazole rings is 1. The third kappa shape index (κ3) is 2.74. The van der Waals surface area contributed by atoms with Crippen LogP contribution >= 0.6 is 0 Å². The van der Waals surface area contributed by atoms with Gasteiger partial charge in [-0.15, -0.1) is 0 Å². The van der Waals surface area contributed by atoms with Gasteiger partial charge in [0, 0.05) is 18.9 Å². The lowest BCUT2D eigenvalue weighted by Gasteiger charge is -2.06. The molecule has 0 amide bonds. The number of aromatic nitrogens is 3. The molecule has 0 aliphatic rings. The minimum absolute atomic E-state index is 0.0757. The van der Waals surface area contributed by atoms with E-state index in [-0.39, 0.29) is 11.6 Å². The fourth-order valence-corrected chi connectivity index (χ4v) is 2.46. The highest BCUT2D eigenvalue weighted by Gasteiger charge is 2.16. The average Bonchev–Trinajstić information content (AvgIpc) is 2.76. The summed E-state index contributed by atoms with van der Waals surface area (Å²) in [6.45, 7) is 3.82. The Bertz CT molecular complexity index is 649. The molecule has 0 saturated carbocycles. The Morgan fingerprint density at radius 1 is 1.33 bits per heavy atom. The van der Waals surface area contributed by atoms with Crippen LogP contribution in [-0.2, 0) is 16.6 Å². The number of aromatic amines is 1. The molecule has 2 N–H and O–H groups in total. The highest BCUT2D eigenvalue weighted by molar-refractivity contribution is 7.89. The molecule has 6 nitrogen and oxygen atoms in total. The fraction of sp³-hybridized carbons (Fsp3) is 0.273. The van der Waals surface area contributed by atoms with Gasteiger partial charge < -0.3 is 4.98 Å². The molecule has 96 valence electrons. The van der Waals surface area contributed by atoms with E-state index < -0.39 is 10.0 Å². The van der Waals surface area contributed by atoms with Crippen molar-refractivity contribution in [2.45, 2.75) is 25.4 Å². The zero-order valence-corrected chi connectivity index (χ0v) is 11.0. The van der Waals surface area contributed by atoms with Crippen LogP contribution < -0.4 is 4.72 Å². The van der Waals surface area contributed by atoms with Gasteiger partial charge >= 0.3 is 0 Å². The molecule has 2 rings (SSSR count). The van der Waals surface area contributed by atoms with Crippen LogP contribution in [0.1, 0.15) is 17.0 Å². The largest absolute Gasteiger partial charge is 0.332 e. The molecule has 18 heavy (non-hydrogen) atoms. The lowest BCUT2D eigenvalue weighted by molar-refractivity contribution is 0.577. The van der Waals surface area contributed by atoms with Crippen molar-refractivity contribution >= 4 is 10.0 Å². The third-order valence-corrected chi connectivity index (χ3v) is 3.87. The van der Waals surface area contributed by atoms with Gasteiger partial charge in [0.2, 0.25) is 0 Å². The maximum Gasteiger partial charge on any atom is 0.257 e. The maximum absolute atomic E-state index is 11.9. The molecule has 2 heterocycles. The fourth-order valence-electron chi connectivity index (χ4n) is 1.49. The normalized spacial score (nSPS) is 11.7. The quantitative estimate of drug-likeness (QED) is 0.860. The van der Waals surface area contributed by atoms with Crippen molar-refractivity contribution in [1.29, 1.82) is 0 Å². The lowest BCUT2D eigenvalue weighted by Crippen LogP contribution is -2.24. The highest BCUT2D eigenvalue weighted by atomic mass is 32.2. The number of hydrogen-bond acceptors (Lipinski definition) is 4. The van der Waals surface area contributed by atoms with Gasteiger partial charge in [-0.25, -0.2) is 18.1 Å². The van der Waals surface area contributed by atoms with E-state index in [4.69, 9.17) is 0 Å². The van der Waals surface area contributed by atoms with Gasteiger partial charge in [0.25, 0.3) is 10.0 Å². The topological polar surface area (TPSA) is 87.7 Å². The Morgan fingerprint density at radius 2 is 2.11 bits per heavy atom. The zero-order valence-electron chi connectivity index (χ0n) is 10.1. The van der Waals surface area contributed by atoms with Crippen LogP contribution in [0.25, 0.3) is 0 Å². The van der Waals surface area contributed by atoms with E-state index in [0.717, 1.165) is 11.1 Å². The van der Waals surface area contributed by atoms with Gasteiger partial charge in [0.1, 0.15) is 5.82 Å². The van der Waals surface area contributed by atoms with E-state index in [1.165, 1.54) is 6.20 Å². The van der Waals surface area contributed by atoms with Crippen molar-refractivity contribution in [3.8, 4) is 0 Å². The van der Waals surface area contributed by atoms with E-state index in [1.807, 2.05) is 6.92 Å².